The highest BCUT2D eigenvalue weighted by Crippen LogP contribution is 2.11. The zero-order chi connectivity index (χ0) is 18.7. The molecule has 1 aromatic rings. The molecule has 0 radical (unpaired) electrons. The first-order valence-electron chi connectivity index (χ1n) is 7.40. The minimum atomic E-state index is -0.550. The molecule has 3 N–H and O–H groups in total. The number of Topliss-reactive ketones (excluding diaryl/α,β-unsaturated/α-hetero) is 1. The molecule has 25 heavy (non-hydrogen) atoms. The number of nitrogens with one attached hydrogen (secondary N) is 3. The minimum absolute atomic E-state index is 0.0991. The van der Waals surface area contributed by atoms with Gasteiger partial charge in [-0.05, 0) is 6.92 Å². The van der Waals surface area contributed by atoms with Crippen LogP contribution in [0.15, 0.2) is 30.3 Å². The molecule has 0 aromatic heterocycles. The fourth-order valence-electron chi connectivity index (χ4n) is 1.55. The van der Waals surface area contributed by atoms with Crippen LogP contribution in [0, 0.1) is 0 Å². The van der Waals surface area contributed by atoms with Crippen LogP contribution in [-0.4, -0.2) is 54.0 Å². The third-order valence-corrected chi connectivity index (χ3v) is 3.67. The molecule has 0 saturated heterocycles. The van der Waals surface area contributed by atoms with E-state index in [0.717, 1.165) is 11.8 Å². The van der Waals surface area contributed by atoms with E-state index in [-0.39, 0.29) is 36.3 Å². The highest BCUT2D eigenvalue weighted by atomic mass is 32.2. The summed E-state index contributed by atoms with van der Waals surface area (Å²) in [6.45, 7) is 0.634. The van der Waals surface area contributed by atoms with Gasteiger partial charge in [-0.2, -0.15) is 0 Å². The fourth-order valence-corrected chi connectivity index (χ4v) is 2.21. The van der Waals surface area contributed by atoms with Crippen LogP contribution in [0.4, 0.5) is 0 Å². The number of carbonyl (C=O) groups is 5. The number of hydrogen-bond acceptors (Lipinski definition) is 6. The summed E-state index contributed by atoms with van der Waals surface area (Å²) in [7, 11) is 0. The molecule has 0 saturated carbocycles. The molecular formula is C16H19N3O5S. The first-order valence-corrected chi connectivity index (χ1v) is 8.38. The number of hydrogen-bond donors (Lipinski definition) is 3. The van der Waals surface area contributed by atoms with Gasteiger partial charge in [0.05, 0.1) is 25.4 Å². The van der Waals surface area contributed by atoms with Crippen LogP contribution >= 0.6 is 11.8 Å². The monoisotopic (exact) mass is 365 g/mol. The Balaban J connectivity index is 2.18. The van der Waals surface area contributed by atoms with E-state index >= 15 is 0 Å². The summed E-state index contributed by atoms with van der Waals surface area (Å²) >= 11 is 0.838. The summed E-state index contributed by atoms with van der Waals surface area (Å²) in [5, 5.41) is 6.74. The summed E-state index contributed by atoms with van der Waals surface area (Å²) < 4.78 is 0. The highest BCUT2D eigenvalue weighted by molar-refractivity contribution is 8.14. The predicted molar refractivity (Wildman–Crippen MR) is 92.9 cm³/mol. The first kappa shape index (κ1) is 20.4. The van der Waals surface area contributed by atoms with Gasteiger partial charge in [0.15, 0.2) is 0 Å². The van der Waals surface area contributed by atoms with Crippen LogP contribution < -0.4 is 16.0 Å². The van der Waals surface area contributed by atoms with Gasteiger partial charge in [-0.3, -0.25) is 24.0 Å². The highest BCUT2D eigenvalue weighted by Gasteiger charge is 2.11. The maximum absolute atomic E-state index is 11.8. The number of thioether (sulfide) groups is 1. The Bertz CT molecular complexity index is 648. The van der Waals surface area contributed by atoms with Crippen molar-refractivity contribution in [3.05, 3.63) is 35.9 Å². The van der Waals surface area contributed by atoms with Gasteiger partial charge in [-0.15, -0.1) is 0 Å². The van der Waals surface area contributed by atoms with Gasteiger partial charge in [-0.25, -0.2) is 0 Å². The average molecular weight is 365 g/mol. The Morgan fingerprint density at radius 3 is 1.88 bits per heavy atom. The van der Waals surface area contributed by atoms with E-state index in [4.69, 9.17) is 0 Å². The Morgan fingerprint density at radius 1 is 0.800 bits per heavy atom. The van der Waals surface area contributed by atoms with Crippen LogP contribution in [-0.2, 0) is 19.2 Å². The molecule has 0 heterocycles. The number of carbonyl (C=O) groups excluding carboxylic acids is 5. The van der Waals surface area contributed by atoms with E-state index in [0.29, 0.717) is 5.56 Å². The Kier molecular flexibility index (Phi) is 8.94. The second-order valence-electron chi connectivity index (χ2n) is 4.97. The molecule has 9 heteroatoms. The number of amides is 3. The Hall–Kier alpha value is -2.68. The quantitative estimate of drug-likeness (QED) is 0.542. The van der Waals surface area contributed by atoms with Gasteiger partial charge in [0.1, 0.15) is 5.78 Å². The van der Waals surface area contributed by atoms with Crippen molar-refractivity contribution in [3.8, 4) is 0 Å². The lowest BCUT2D eigenvalue weighted by molar-refractivity contribution is -0.127. The molecule has 0 atom stereocenters. The molecular weight excluding hydrogens is 346 g/mol. The van der Waals surface area contributed by atoms with Crippen LogP contribution in [0.25, 0.3) is 0 Å². The molecule has 0 aliphatic heterocycles. The zero-order valence-electron chi connectivity index (χ0n) is 13.7. The van der Waals surface area contributed by atoms with E-state index in [2.05, 4.69) is 16.0 Å². The number of ketones is 1. The molecule has 0 unspecified atom stereocenters. The molecule has 8 nitrogen and oxygen atoms in total. The second kappa shape index (κ2) is 11.0. The number of benzene rings is 1. The van der Waals surface area contributed by atoms with Crippen molar-refractivity contribution in [2.75, 3.05) is 25.4 Å². The van der Waals surface area contributed by atoms with Gasteiger partial charge in [0, 0.05) is 5.56 Å². The SMILES string of the molecule is CC(=O)CNC(=O)CNC(=O)CNC(=O)CSC(=O)c1ccccc1. The molecule has 0 spiro atoms. The zero-order valence-corrected chi connectivity index (χ0v) is 14.5. The molecule has 0 bridgehead atoms. The normalized spacial score (nSPS) is 9.80. The van der Waals surface area contributed by atoms with Crippen LogP contribution in [0.5, 0.6) is 0 Å². The van der Waals surface area contributed by atoms with Crippen molar-refractivity contribution in [2.24, 2.45) is 0 Å². The fraction of sp³-hybridized carbons (Fsp3) is 0.312. The van der Waals surface area contributed by atoms with Gasteiger partial charge in [0.25, 0.3) is 0 Å². The van der Waals surface area contributed by atoms with Crippen LogP contribution in [0.1, 0.15) is 17.3 Å². The van der Waals surface area contributed by atoms with E-state index in [9.17, 15) is 24.0 Å². The Labute approximate surface area is 149 Å². The average Bonchev–Trinajstić information content (AvgIpc) is 2.61. The van der Waals surface area contributed by atoms with Crippen LogP contribution in [0.2, 0.25) is 0 Å². The summed E-state index contributed by atoms with van der Waals surface area (Å²) in [5.74, 6) is -1.83. The lowest BCUT2D eigenvalue weighted by Gasteiger charge is -2.07. The third-order valence-electron chi connectivity index (χ3n) is 2.77. The standard InChI is InChI=1S/C16H19N3O5S/c1-11(20)7-17-13(21)8-18-14(22)9-19-15(23)10-25-16(24)12-5-3-2-4-6-12/h2-6H,7-10H2,1H3,(H,17,21)(H,18,22)(H,19,23). The topological polar surface area (TPSA) is 121 Å². The molecule has 0 aliphatic carbocycles. The maximum atomic E-state index is 11.8. The van der Waals surface area contributed by atoms with E-state index in [1.807, 2.05) is 0 Å². The third kappa shape index (κ3) is 9.26. The largest absolute Gasteiger partial charge is 0.348 e. The predicted octanol–water partition coefficient (Wildman–Crippen LogP) is -0.502. The van der Waals surface area contributed by atoms with E-state index < -0.39 is 17.7 Å². The second-order valence-corrected chi connectivity index (χ2v) is 5.92. The molecule has 134 valence electrons. The summed E-state index contributed by atoms with van der Waals surface area (Å²) in [4.78, 5) is 56.9. The van der Waals surface area contributed by atoms with Gasteiger partial charge < -0.3 is 16.0 Å². The smallest absolute Gasteiger partial charge is 0.239 e. The van der Waals surface area contributed by atoms with Gasteiger partial charge in [-0.1, -0.05) is 42.1 Å². The van der Waals surface area contributed by atoms with E-state index in [1.54, 1.807) is 30.3 Å². The van der Waals surface area contributed by atoms with Crippen molar-refractivity contribution in [1.29, 1.82) is 0 Å². The maximum Gasteiger partial charge on any atom is 0.239 e. The first-order chi connectivity index (χ1) is 11.9. The van der Waals surface area contributed by atoms with Gasteiger partial charge in [0.2, 0.25) is 22.8 Å². The summed E-state index contributed by atoms with van der Waals surface area (Å²) in [6.07, 6.45) is 0. The summed E-state index contributed by atoms with van der Waals surface area (Å²) in [5.41, 5.74) is 0.495. The molecule has 3 amide bonds. The minimum Gasteiger partial charge on any atom is -0.348 e. The van der Waals surface area contributed by atoms with Crippen molar-refractivity contribution in [1.82, 2.24) is 16.0 Å². The lowest BCUT2D eigenvalue weighted by Crippen LogP contribution is -2.43. The molecule has 1 rings (SSSR count). The Morgan fingerprint density at radius 2 is 1.32 bits per heavy atom. The van der Waals surface area contributed by atoms with E-state index in [1.165, 1.54) is 6.92 Å². The summed E-state index contributed by atoms with van der Waals surface area (Å²) in [6, 6.07) is 8.54. The van der Waals surface area contributed by atoms with Crippen LogP contribution in [0.3, 0.4) is 0 Å². The molecule has 1 aromatic carbocycles. The van der Waals surface area contributed by atoms with Gasteiger partial charge >= 0.3 is 0 Å². The number of rotatable bonds is 9. The van der Waals surface area contributed by atoms with Crippen molar-refractivity contribution in [2.45, 2.75) is 6.92 Å². The van der Waals surface area contributed by atoms with Crippen molar-refractivity contribution in [3.63, 3.8) is 0 Å². The van der Waals surface area contributed by atoms with Crippen molar-refractivity contribution < 1.29 is 24.0 Å². The lowest BCUT2D eigenvalue weighted by atomic mass is 10.2. The molecule has 0 fully saturated rings. The van der Waals surface area contributed by atoms with Crippen molar-refractivity contribution >= 4 is 40.4 Å². The molecule has 0 aliphatic rings.